The highest BCUT2D eigenvalue weighted by Gasteiger charge is 2.23. The Labute approximate surface area is 203 Å². The number of aromatic nitrogens is 4. The molecule has 1 fully saturated rings. The van der Waals surface area contributed by atoms with Crippen LogP contribution in [0.15, 0.2) is 43.2 Å². The molecule has 1 amide bonds. The number of nitrogens with zero attached hydrogens (tertiary/aromatic N) is 6. The number of allylic oxidation sites excluding steroid dienone is 1. The normalized spacial score (nSPS) is 13.8. The van der Waals surface area contributed by atoms with E-state index < -0.39 is 0 Å². The number of carbonyl (C=O) groups excluding carboxylic acids is 1. The summed E-state index contributed by atoms with van der Waals surface area (Å²) < 4.78 is 1.91. The lowest BCUT2D eigenvalue weighted by Crippen LogP contribution is -2.50. The monoisotopic (exact) mass is 481 g/mol. The van der Waals surface area contributed by atoms with Gasteiger partial charge in [-0.05, 0) is 31.5 Å². The van der Waals surface area contributed by atoms with E-state index in [9.17, 15) is 4.79 Å². The highest BCUT2D eigenvalue weighted by atomic mass is 32.2. The summed E-state index contributed by atoms with van der Waals surface area (Å²) in [6, 6.07) is 6.07. The molecule has 1 saturated heterocycles. The lowest BCUT2D eigenvalue weighted by atomic mass is 10.2. The average molecular weight is 482 g/mol. The van der Waals surface area contributed by atoms with Gasteiger partial charge in [0.25, 0.3) is 0 Å². The summed E-state index contributed by atoms with van der Waals surface area (Å²) in [6.07, 6.45) is 7.57. The summed E-state index contributed by atoms with van der Waals surface area (Å²) in [4.78, 5) is 25.7. The number of hydrogen-bond donors (Lipinski definition) is 3. The van der Waals surface area contributed by atoms with Crippen molar-refractivity contribution in [2.24, 2.45) is 0 Å². The van der Waals surface area contributed by atoms with Crippen LogP contribution in [0.25, 0.3) is 10.9 Å². The first-order chi connectivity index (χ1) is 16.6. The molecule has 0 unspecified atom stereocenters. The van der Waals surface area contributed by atoms with Crippen LogP contribution in [0.3, 0.4) is 0 Å². The van der Waals surface area contributed by atoms with Crippen molar-refractivity contribution in [1.29, 1.82) is 0 Å². The van der Waals surface area contributed by atoms with Gasteiger partial charge in [-0.15, -0.1) is 18.3 Å². The fourth-order valence-electron chi connectivity index (χ4n) is 3.94. The largest absolute Gasteiger partial charge is 0.364 e. The Morgan fingerprint density at radius 1 is 1.24 bits per heavy atom. The number of anilines is 4. The predicted molar refractivity (Wildman–Crippen MR) is 140 cm³/mol. The van der Waals surface area contributed by atoms with E-state index in [0.717, 1.165) is 47.1 Å². The zero-order valence-electron chi connectivity index (χ0n) is 19.6. The maximum Gasteiger partial charge on any atom is 0.236 e. The molecule has 180 valence electrons. The number of fused-ring (bicyclic) bond motifs is 1. The van der Waals surface area contributed by atoms with E-state index in [2.05, 4.69) is 37.5 Å². The van der Waals surface area contributed by atoms with Crippen molar-refractivity contribution < 1.29 is 4.79 Å². The second kappa shape index (κ2) is 11.2. The number of benzene rings is 1. The third-order valence-electron chi connectivity index (χ3n) is 5.66. The highest BCUT2D eigenvalue weighted by Crippen LogP contribution is 2.28. The van der Waals surface area contributed by atoms with Crippen LogP contribution in [0.5, 0.6) is 0 Å². The molecule has 3 aromatic rings. The fraction of sp³-hybridized carbons (Fsp3) is 0.391. The van der Waals surface area contributed by atoms with E-state index in [-0.39, 0.29) is 5.91 Å². The first-order valence-corrected chi connectivity index (χ1v) is 12.6. The van der Waals surface area contributed by atoms with Gasteiger partial charge in [0.2, 0.25) is 11.9 Å². The van der Waals surface area contributed by atoms with E-state index in [1.54, 1.807) is 18.8 Å². The van der Waals surface area contributed by atoms with Crippen LogP contribution in [-0.2, 0) is 11.3 Å². The molecule has 2 aromatic heterocycles. The molecule has 34 heavy (non-hydrogen) atoms. The predicted octanol–water partition coefficient (Wildman–Crippen LogP) is 2.36. The number of carbonyl (C=O) groups is 1. The van der Waals surface area contributed by atoms with Crippen molar-refractivity contribution in [2.45, 2.75) is 6.54 Å². The summed E-state index contributed by atoms with van der Waals surface area (Å²) in [5.74, 6) is 2.16. The van der Waals surface area contributed by atoms with E-state index in [1.165, 1.54) is 0 Å². The SMILES string of the molecule is C=CCn1ncc2ccc(Nc3ncc(N4CCN(C(=O)CNC)CC4)c(NCSC)n3)cc21. The molecule has 0 radical (unpaired) electrons. The van der Waals surface area contributed by atoms with E-state index >= 15 is 0 Å². The van der Waals surface area contributed by atoms with Crippen LogP contribution in [0.1, 0.15) is 0 Å². The standard InChI is InChI=1S/C23H31N9OS/c1-4-7-32-19-12-18(6-5-17(19)13-27-32)28-23-25-14-20(22(29-23)26-16-34-3)30-8-10-31(11-9-30)21(33)15-24-2/h4-6,12-14,24H,1,7-11,15-16H2,2-3H3,(H2,25,26,28,29). The van der Waals surface area contributed by atoms with Crippen LogP contribution in [-0.4, -0.2) is 82.5 Å². The number of piperazine rings is 1. The second-order valence-corrected chi connectivity index (χ2v) is 8.82. The molecule has 3 heterocycles. The highest BCUT2D eigenvalue weighted by molar-refractivity contribution is 7.98. The van der Waals surface area contributed by atoms with Crippen molar-refractivity contribution in [2.75, 3.05) is 67.4 Å². The van der Waals surface area contributed by atoms with Gasteiger partial charge in [-0.25, -0.2) is 4.98 Å². The van der Waals surface area contributed by atoms with Gasteiger partial charge in [0.15, 0.2) is 5.82 Å². The molecule has 3 N–H and O–H groups in total. The maximum atomic E-state index is 12.2. The summed E-state index contributed by atoms with van der Waals surface area (Å²) in [5.41, 5.74) is 2.85. The van der Waals surface area contributed by atoms with Gasteiger partial charge in [-0.1, -0.05) is 6.08 Å². The van der Waals surface area contributed by atoms with Gasteiger partial charge in [0.1, 0.15) is 0 Å². The molecular formula is C23H31N9OS. The molecule has 0 saturated carbocycles. The van der Waals surface area contributed by atoms with Crippen molar-refractivity contribution in [3.05, 3.63) is 43.2 Å². The Kier molecular flexibility index (Phi) is 7.86. The number of amides is 1. The van der Waals surface area contributed by atoms with E-state index in [1.807, 2.05) is 52.5 Å². The molecule has 0 bridgehead atoms. The summed E-state index contributed by atoms with van der Waals surface area (Å²) in [7, 11) is 1.79. The van der Waals surface area contributed by atoms with Crippen molar-refractivity contribution in [3.8, 4) is 0 Å². The minimum atomic E-state index is 0.130. The Balaban J connectivity index is 1.52. The van der Waals surface area contributed by atoms with E-state index in [0.29, 0.717) is 32.1 Å². The molecule has 10 nitrogen and oxygen atoms in total. The summed E-state index contributed by atoms with van der Waals surface area (Å²) in [5, 5.41) is 15.1. The van der Waals surface area contributed by atoms with Crippen LogP contribution < -0.4 is 20.9 Å². The van der Waals surface area contributed by atoms with Gasteiger partial charge in [0, 0.05) is 37.3 Å². The third-order valence-corrected chi connectivity index (χ3v) is 6.09. The molecule has 0 spiro atoms. The van der Waals surface area contributed by atoms with E-state index in [4.69, 9.17) is 4.98 Å². The summed E-state index contributed by atoms with van der Waals surface area (Å²) >= 11 is 1.69. The topological polar surface area (TPSA) is 103 Å². The van der Waals surface area contributed by atoms with Crippen molar-refractivity contribution in [3.63, 3.8) is 0 Å². The molecule has 1 aromatic carbocycles. The number of nitrogens with one attached hydrogen (secondary N) is 3. The number of thioether (sulfide) groups is 1. The van der Waals surface area contributed by atoms with Crippen molar-refractivity contribution in [1.82, 2.24) is 30.0 Å². The van der Waals surface area contributed by atoms with Gasteiger partial charge >= 0.3 is 0 Å². The van der Waals surface area contributed by atoms with Crippen LogP contribution in [0, 0.1) is 0 Å². The van der Waals surface area contributed by atoms with Gasteiger partial charge in [0.05, 0.1) is 42.6 Å². The Morgan fingerprint density at radius 2 is 2.06 bits per heavy atom. The molecule has 11 heteroatoms. The molecule has 0 aliphatic carbocycles. The minimum absolute atomic E-state index is 0.130. The zero-order valence-corrected chi connectivity index (χ0v) is 20.4. The number of rotatable bonds is 10. The maximum absolute atomic E-state index is 12.2. The number of likely N-dealkylation sites (N-methyl/N-ethyl adjacent to an activating group) is 1. The third kappa shape index (κ3) is 5.42. The zero-order chi connectivity index (χ0) is 23.9. The minimum Gasteiger partial charge on any atom is -0.364 e. The Bertz CT molecular complexity index is 1140. The van der Waals surface area contributed by atoms with Gasteiger partial charge in [-0.3, -0.25) is 9.48 Å². The lowest BCUT2D eigenvalue weighted by molar-refractivity contribution is -0.130. The molecule has 0 atom stereocenters. The average Bonchev–Trinajstić information content (AvgIpc) is 3.25. The second-order valence-electron chi connectivity index (χ2n) is 7.95. The Hall–Kier alpha value is -3.31. The molecule has 1 aliphatic heterocycles. The molecule has 1 aliphatic rings. The summed E-state index contributed by atoms with van der Waals surface area (Å²) in [6.45, 7) is 7.66. The quantitative estimate of drug-likeness (QED) is 0.297. The van der Waals surface area contributed by atoms with Gasteiger partial charge < -0.3 is 25.8 Å². The van der Waals surface area contributed by atoms with Crippen LogP contribution in [0.4, 0.5) is 23.1 Å². The smallest absolute Gasteiger partial charge is 0.236 e. The molecule has 4 rings (SSSR count). The first kappa shape index (κ1) is 23.8. The van der Waals surface area contributed by atoms with Gasteiger partial charge in [-0.2, -0.15) is 10.1 Å². The lowest BCUT2D eigenvalue weighted by Gasteiger charge is -2.36. The van der Waals surface area contributed by atoms with Crippen LogP contribution in [0.2, 0.25) is 0 Å². The molecular weight excluding hydrogens is 450 g/mol. The fourth-order valence-corrected chi connectivity index (χ4v) is 4.22. The van der Waals surface area contributed by atoms with Crippen LogP contribution >= 0.6 is 11.8 Å². The van der Waals surface area contributed by atoms with Crippen molar-refractivity contribution >= 4 is 51.7 Å². The first-order valence-electron chi connectivity index (χ1n) is 11.2. The number of hydrogen-bond acceptors (Lipinski definition) is 9. The Morgan fingerprint density at radius 3 is 2.79 bits per heavy atom.